The van der Waals surface area contributed by atoms with Crippen LogP contribution in [0.15, 0.2) is 0 Å². The topological polar surface area (TPSA) is 20.2 Å². The van der Waals surface area contributed by atoms with Crippen LogP contribution in [0, 0.1) is 23.3 Å². The second-order valence-corrected chi connectivity index (χ2v) is 9.78. The summed E-state index contributed by atoms with van der Waals surface area (Å²) in [5.74, 6) is 9.01. The third-order valence-corrected chi connectivity index (χ3v) is 2.86. The van der Waals surface area contributed by atoms with Gasteiger partial charge in [0.25, 0.3) is 0 Å². The Kier molecular flexibility index (Phi) is 8.08. The molecule has 0 aromatic rings. The molecule has 0 radical (unpaired) electrons. The summed E-state index contributed by atoms with van der Waals surface area (Å²) in [7, 11) is -1.24. The normalized spacial score (nSPS) is 12.1. The summed E-state index contributed by atoms with van der Waals surface area (Å²) < 4.78 is 0. The van der Waals surface area contributed by atoms with E-state index in [1.165, 1.54) is 0 Å². The van der Waals surface area contributed by atoms with E-state index in [0.29, 0.717) is 6.42 Å². The van der Waals surface area contributed by atoms with E-state index in [2.05, 4.69) is 49.9 Å². The first kappa shape index (κ1) is 15.3. The minimum atomic E-state index is -1.24. The number of hydrogen-bond acceptors (Lipinski definition) is 1. The van der Waals surface area contributed by atoms with Gasteiger partial charge in [-0.15, -0.1) is 17.4 Å². The van der Waals surface area contributed by atoms with E-state index in [9.17, 15) is 5.11 Å². The lowest BCUT2D eigenvalue weighted by molar-refractivity contribution is 0.224. The van der Waals surface area contributed by atoms with Gasteiger partial charge in [-0.2, -0.15) is 0 Å². The SMILES string of the molecule is CCCCC#C[C@H](O)CCC#C[Si](C)(C)C. The zero-order valence-corrected chi connectivity index (χ0v) is 12.1. The number of aliphatic hydroxyl groups is 1. The Hall–Kier alpha value is -0.703. The van der Waals surface area contributed by atoms with Crippen LogP contribution in [0.25, 0.3) is 0 Å². The minimum absolute atomic E-state index is 0.493. The molecule has 90 valence electrons. The maximum Gasteiger partial charge on any atom is 0.129 e. The quantitative estimate of drug-likeness (QED) is 0.451. The monoisotopic (exact) mass is 236 g/mol. The molecule has 0 aromatic heterocycles. The van der Waals surface area contributed by atoms with Crippen molar-refractivity contribution in [3.8, 4) is 23.3 Å². The Bertz CT molecular complexity index is 293. The van der Waals surface area contributed by atoms with Gasteiger partial charge in [-0.05, 0) is 12.8 Å². The van der Waals surface area contributed by atoms with E-state index in [4.69, 9.17) is 0 Å². The van der Waals surface area contributed by atoms with Crippen molar-refractivity contribution in [3.63, 3.8) is 0 Å². The fraction of sp³-hybridized carbons (Fsp3) is 0.714. The Morgan fingerprint density at radius 1 is 1.12 bits per heavy atom. The fourth-order valence-corrected chi connectivity index (χ4v) is 1.72. The summed E-state index contributed by atoms with van der Waals surface area (Å²) in [5.41, 5.74) is 3.28. The standard InChI is InChI=1S/C14H24OSi/c1-5-6-7-8-11-14(15)12-9-10-13-16(2,3)4/h14-15H,5-7,9,12H2,1-4H3/t14-/m0/s1. The lowest BCUT2D eigenvalue weighted by Crippen LogP contribution is -2.16. The molecule has 0 heterocycles. The third-order valence-electron chi connectivity index (χ3n) is 1.93. The van der Waals surface area contributed by atoms with Crippen molar-refractivity contribution in [2.24, 2.45) is 0 Å². The molecule has 0 rings (SSSR count). The molecule has 0 saturated heterocycles. The highest BCUT2D eigenvalue weighted by Gasteiger charge is 2.07. The van der Waals surface area contributed by atoms with Crippen LogP contribution in [0.2, 0.25) is 19.6 Å². The molecule has 0 aliphatic carbocycles. The van der Waals surface area contributed by atoms with Crippen molar-refractivity contribution < 1.29 is 5.11 Å². The van der Waals surface area contributed by atoms with Gasteiger partial charge in [0.05, 0.1) is 0 Å². The highest BCUT2D eigenvalue weighted by molar-refractivity contribution is 6.83. The number of hydrogen-bond donors (Lipinski definition) is 1. The van der Waals surface area contributed by atoms with Crippen molar-refractivity contribution in [1.82, 2.24) is 0 Å². The Balaban J connectivity index is 3.75. The number of unbranched alkanes of at least 4 members (excludes halogenated alkanes) is 2. The van der Waals surface area contributed by atoms with Crippen LogP contribution in [0.5, 0.6) is 0 Å². The van der Waals surface area contributed by atoms with Gasteiger partial charge in [0, 0.05) is 12.8 Å². The van der Waals surface area contributed by atoms with Gasteiger partial charge in [0.2, 0.25) is 0 Å². The van der Waals surface area contributed by atoms with Gasteiger partial charge in [-0.25, -0.2) is 0 Å². The smallest absolute Gasteiger partial charge is 0.129 e. The largest absolute Gasteiger partial charge is 0.380 e. The van der Waals surface area contributed by atoms with Gasteiger partial charge >= 0.3 is 0 Å². The van der Waals surface area contributed by atoms with Gasteiger partial charge in [0.1, 0.15) is 14.2 Å². The lowest BCUT2D eigenvalue weighted by atomic mass is 10.2. The molecule has 0 fully saturated rings. The molecule has 16 heavy (non-hydrogen) atoms. The highest BCUT2D eigenvalue weighted by Crippen LogP contribution is 1.99. The van der Waals surface area contributed by atoms with Crippen molar-refractivity contribution in [2.45, 2.75) is 64.8 Å². The summed E-state index contributed by atoms with van der Waals surface area (Å²) in [6.45, 7) is 8.81. The average Bonchev–Trinajstić information content (AvgIpc) is 2.18. The summed E-state index contributed by atoms with van der Waals surface area (Å²) in [6.07, 6.45) is 4.12. The molecule has 0 bridgehead atoms. The highest BCUT2D eigenvalue weighted by atomic mass is 28.3. The first-order chi connectivity index (χ1) is 7.45. The molecule has 0 spiro atoms. The van der Waals surface area contributed by atoms with Crippen molar-refractivity contribution in [2.75, 3.05) is 0 Å². The van der Waals surface area contributed by atoms with Gasteiger partial charge in [-0.3, -0.25) is 0 Å². The molecule has 0 unspecified atom stereocenters. The van der Waals surface area contributed by atoms with Crippen molar-refractivity contribution >= 4 is 8.07 Å². The van der Waals surface area contributed by atoms with Crippen LogP contribution in [0.1, 0.15) is 39.0 Å². The molecule has 1 nitrogen and oxygen atoms in total. The zero-order chi connectivity index (χ0) is 12.4. The second kappa shape index (κ2) is 8.45. The minimum Gasteiger partial charge on any atom is -0.380 e. The van der Waals surface area contributed by atoms with Gasteiger partial charge in [-0.1, -0.05) is 38.9 Å². The van der Waals surface area contributed by atoms with Crippen molar-refractivity contribution in [3.05, 3.63) is 0 Å². The first-order valence-electron chi connectivity index (χ1n) is 6.12. The van der Waals surface area contributed by atoms with Crippen LogP contribution >= 0.6 is 0 Å². The van der Waals surface area contributed by atoms with Crippen LogP contribution in [-0.2, 0) is 0 Å². The zero-order valence-electron chi connectivity index (χ0n) is 11.1. The summed E-state index contributed by atoms with van der Waals surface area (Å²) in [6, 6.07) is 0. The maximum absolute atomic E-state index is 9.55. The molecule has 2 heteroatoms. The average molecular weight is 236 g/mol. The lowest BCUT2D eigenvalue weighted by Gasteiger charge is -2.03. The number of rotatable bonds is 4. The summed E-state index contributed by atoms with van der Waals surface area (Å²) in [4.78, 5) is 0. The van der Waals surface area contributed by atoms with E-state index >= 15 is 0 Å². The van der Waals surface area contributed by atoms with E-state index in [-0.39, 0.29) is 0 Å². The van der Waals surface area contributed by atoms with E-state index < -0.39 is 14.2 Å². The molecule has 0 amide bonds. The van der Waals surface area contributed by atoms with E-state index in [0.717, 1.165) is 25.7 Å². The second-order valence-electron chi connectivity index (χ2n) is 5.03. The maximum atomic E-state index is 9.55. The van der Waals surface area contributed by atoms with E-state index in [1.54, 1.807) is 0 Å². The predicted molar refractivity (Wildman–Crippen MR) is 73.7 cm³/mol. The van der Waals surface area contributed by atoms with Crippen LogP contribution in [0.4, 0.5) is 0 Å². The van der Waals surface area contributed by atoms with Gasteiger partial charge < -0.3 is 5.11 Å². The van der Waals surface area contributed by atoms with Crippen LogP contribution in [0.3, 0.4) is 0 Å². The fourth-order valence-electron chi connectivity index (χ4n) is 1.06. The molecule has 0 saturated carbocycles. The first-order valence-corrected chi connectivity index (χ1v) is 9.62. The molecule has 1 N–H and O–H groups in total. The molecule has 0 aromatic carbocycles. The Morgan fingerprint density at radius 2 is 1.81 bits per heavy atom. The molecule has 1 atom stereocenters. The molecule has 0 aliphatic rings. The Labute approximate surface area is 102 Å². The molecular formula is C14H24OSi. The van der Waals surface area contributed by atoms with Crippen molar-refractivity contribution in [1.29, 1.82) is 0 Å². The van der Waals surface area contributed by atoms with Gasteiger partial charge in [0.15, 0.2) is 0 Å². The summed E-state index contributed by atoms with van der Waals surface area (Å²) in [5, 5.41) is 9.55. The van der Waals surface area contributed by atoms with Crippen LogP contribution < -0.4 is 0 Å². The third kappa shape index (κ3) is 11.4. The molecule has 0 aliphatic heterocycles. The number of aliphatic hydroxyl groups excluding tert-OH is 1. The van der Waals surface area contributed by atoms with Crippen LogP contribution in [-0.4, -0.2) is 19.3 Å². The predicted octanol–water partition coefficient (Wildman–Crippen LogP) is 3.20. The molecular weight excluding hydrogens is 212 g/mol. The van der Waals surface area contributed by atoms with E-state index in [1.807, 2.05) is 0 Å². The Morgan fingerprint density at radius 3 is 2.38 bits per heavy atom. The summed E-state index contributed by atoms with van der Waals surface area (Å²) >= 11 is 0.